The highest BCUT2D eigenvalue weighted by molar-refractivity contribution is 14.0. The molecule has 0 spiro atoms. The van der Waals surface area contributed by atoms with Crippen LogP contribution in [0.15, 0.2) is 4.99 Å². The number of ether oxygens (including phenoxy) is 2. The summed E-state index contributed by atoms with van der Waals surface area (Å²) in [4.78, 5) is 9.44. The highest BCUT2D eigenvalue weighted by Crippen LogP contribution is 2.17. The van der Waals surface area contributed by atoms with Crippen molar-refractivity contribution in [2.45, 2.75) is 32.7 Å². The summed E-state index contributed by atoms with van der Waals surface area (Å²) in [5.74, 6) is 1.61. The zero-order valence-electron chi connectivity index (χ0n) is 16.3. The molecule has 1 N–H and O–H groups in total. The Hall–Kier alpha value is -0.120. The van der Waals surface area contributed by atoms with Gasteiger partial charge >= 0.3 is 0 Å². The van der Waals surface area contributed by atoms with E-state index in [4.69, 9.17) is 14.5 Å². The SMILES string of the molecule is CCNC(=NCC(C)(C)N(C)C)N1CCC(COCCOC)C1.I. The second-order valence-electron chi connectivity index (χ2n) is 7.05. The van der Waals surface area contributed by atoms with Crippen LogP contribution < -0.4 is 5.32 Å². The monoisotopic (exact) mass is 456 g/mol. The topological polar surface area (TPSA) is 49.3 Å². The largest absolute Gasteiger partial charge is 0.382 e. The van der Waals surface area contributed by atoms with Gasteiger partial charge in [-0.3, -0.25) is 4.99 Å². The second-order valence-corrected chi connectivity index (χ2v) is 7.05. The third-order valence-corrected chi connectivity index (χ3v) is 4.53. The Labute approximate surface area is 165 Å². The molecule has 24 heavy (non-hydrogen) atoms. The summed E-state index contributed by atoms with van der Waals surface area (Å²) in [7, 11) is 5.91. The Bertz CT molecular complexity index is 364. The predicted octanol–water partition coefficient (Wildman–Crippen LogP) is 1.90. The predicted molar refractivity (Wildman–Crippen MR) is 112 cm³/mol. The van der Waals surface area contributed by atoms with Gasteiger partial charge in [-0.1, -0.05) is 0 Å². The number of halogens is 1. The fourth-order valence-electron chi connectivity index (χ4n) is 2.39. The van der Waals surface area contributed by atoms with Crippen LogP contribution in [0.1, 0.15) is 27.2 Å². The molecule has 0 saturated carbocycles. The van der Waals surface area contributed by atoms with Crippen LogP contribution in [0, 0.1) is 5.92 Å². The maximum absolute atomic E-state index is 5.67. The molecule has 1 unspecified atom stereocenters. The van der Waals surface area contributed by atoms with Crippen molar-refractivity contribution in [3.05, 3.63) is 0 Å². The van der Waals surface area contributed by atoms with Gasteiger partial charge in [-0.2, -0.15) is 0 Å². The average Bonchev–Trinajstić information content (AvgIpc) is 2.96. The van der Waals surface area contributed by atoms with Gasteiger partial charge in [0.05, 0.1) is 26.4 Å². The van der Waals surface area contributed by atoms with Crippen molar-refractivity contribution in [2.24, 2.45) is 10.9 Å². The lowest BCUT2D eigenvalue weighted by Gasteiger charge is -2.32. The molecule has 0 aromatic rings. The summed E-state index contributed by atoms with van der Waals surface area (Å²) in [6.45, 7) is 12.5. The molecule has 1 heterocycles. The van der Waals surface area contributed by atoms with E-state index in [2.05, 4.69) is 50.0 Å². The number of guanidine groups is 1. The molecule has 0 bridgehead atoms. The zero-order valence-corrected chi connectivity index (χ0v) is 18.6. The Kier molecular flexibility index (Phi) is 12.2. The molecular weight excluding hydrogens is 419 g/mol. The minimum absolute atomic E-state index is 0. The second kappa shape index (κ2) is 12.3. The normalized spacial score (nSPS) is 18.9. The molecule has 1 rings (SSSR count). The number of methoxy groups -OCH3 is 1. The fourth-order valence-corrected chi connectivity index (χ4v) is 2.39. The highest BCUT2D eigenvalue weighted by atomic mass is 127. The molecule has 6 nitrogen and oxygen atoms in total. The van der Waals surface area contributed by atoms with Crippen LogP contribution in [0.2, 0.25) is 0 Å². The third-order valence-electron chi connectivity index (χ3n) is 4.53. The first kappa shape index (κ1) is 23.9. The first-order valence-corrected chi connectivity index (χ1v) is 8.68. The highest BCUT2D eigenvalue weighted by Gasteiger charge is 2.26. The van der Waals surface area contributed by atoms with Crippen molar-refractivity contribution in [1.82, 2.24) is 15.1 Å². The van der Waals surface area contributed by atoms with Crippen molar-refractivity contribution in [3.8, 4) is 0 Å². The Morgan fingerprint density at radius 2 is 2.04 bits per heavy atom. The minimum Gasteiger partial charge on any atom is -0.382 e. The van der Waals surface area contributed by atoms with Crippen LogP contribution >= 0.6 is 24.0 Å². The van der Waals surface area contributed by atoms with Crippen LogP contribution in [0.4, 0.5) is 0 Å². The average molecular weight is 456 g/mol. The first-order chi connectivity index (χ1) is 10.9. The lowest BCUT2D eigenvalue weighted by molar-refractivity contribution is 0.0536. The number of nitrogens with zero attached hydrogens (tertiary/aromatic N) is 3. The van der Waals surface area contributed by atoms with Crippen molar-refractivity contribution < 1.29 is 9.47 Å². The number of hydrogen-bond acceptors (Lipinski definition) is 4. The summed E-state index contributed by atoms with van der Waals surface area (Å²) in [5.41, 5.74) is 0.0586. The van der Waals surface area contributed by atoms with E-state index in [0.717, 1.165) is 45.2 Å². The van der Waals surface area contributed by atoms with Gasteiger partial charge in [0.15, 0.2) is 5.96 Å². The molecule has 0 aromatic heterocycles. The van der Waals surface area contributed by atoms with E-state index in [9.17, 15) is 0 Å². The molecule has 1 fully saturated rings. The molecule has 0 aliphatic carbocycles. The van der Waals surface area contributed by atoms with Crippen LogP contribution in [0.5, 0.6) is 0 Å². The number of likely N-dealkylation sites (tertiary alicyclic amines) is 1. The van der Waals surface area contributed by atoms with E-state index >= 15 is 0 Å². The summed E-state index contributed by atoms with van der Waals surface area (Å²) < 4.78 is 10.7. The van der Waals surface area contributed by atoms with E-state index in [1.165, 1.54) is 0 Å². The number of likely N-dealkylation sites (N-methyl/N-ethyl adjacent to an activating group) is 1. The lowest BCUT2D eigenvalue weighted by atomic mass is 10.1. The van der Waals surface area contributed by atoms with E-state index in [1.807, 2.05) is 0 Å². The maximum atomic E-state index is 5.67. The molecule has 0 aromatic carbocycles. The van der Waals surface area contributed by atoms with E-state index in [-0.39, 0.29) is 29.5 Å². The fraction of sp³-hybridized carbons (Fsp3) is 0.941. The van der Waals surface area contributed by atoms with E-state index in [0.29, 0.717) is 19.1 Å². The van der Waals surface area contributed by atoms with Crippen LogP contribution in [-0.2, 0) is 9.47 Å². The minimum atomic E-state index is 0. The molecule has 7 heteroatoms. The van der Waals surface area contributed by atoms with E-state index < -0.39 is 0 Å². The first-order valence-electron chi connectivity index (χ1n) is 8.68. The Morgan fingerprint density at radius 3 is 2.62 bits per heavy atom. The zero-order chi connectivity index (χ0) is 17.3. The molecule has 0 radical (unpaired) electrons. The Morgan fingerprint density at radius 1 is 1.33 bits per heavy atom. The third kappa shape index (κ3) is 8.31. The van der Waals surface area contributed by atoms with Gasteiger partial charge < -0.3 is 24.6 Å². The van der Waals surface area contributed by atoms with Gasteiger partial charge in [-0.05, 0) is 41.3 Å². The summed E-state index contributed by atoms with van der Waals surface area (Å²) in [5, 5.41) is 3.43. The summed E-state index contributed by atoms with van der Waals surface area (Å²) in [6.07, 6.45) is 1.16. The smallest absolute Gasteiger partial charge is 0.193 e. The molecule has 1 aliphatic heterocycles. The molecule has 144 valence electrons. The quantitative estimate of drug-likeness (QED) is 0.249. The maximum Gasteiger partial charge on any atom is 0.193 e. The van der Waals surface area contributed by atoms with Crippen LogP contribution in [0.25, 0.3) is 0 Å². The Balaban J connectivity index is 0.00000529. The molecule has 0 amide bonds. The number of hydrogen-bond donors (Lipinski definition) is 1. The summed E-state index contributed by atoms with van der Waals surface area (Å²) in [6, 6.07) is 0. The molecule has 1 saturated heterocycles. The number of nitrogens with one attached hydrogen (secondary N) is 1. The van der Waals surface area contributed by atoms with Gasteiger partial charge in [-0.25, -0.2) is 0 Å². The van der Waals surface area contributed by atoms with Crippen LogP contribution in [-0.4, -0.2) is 88.5 Å². The van der Waals surface area contributed by atoms with Gasteiger partial charge in [0.2, 0.25) is 0 Å². The number of aliphatic imine (C=N–C) groups is 1. The van der Waals surface area contributed by atoms with Gasteiger partial charge in [0.25, 0.3) is 0 Å². The van der Waals surface area contributed by atoms with Gasteiger partial charge in [0, 0.05) is 38.2 Å². The standard InChI is InChI=1S/C17H36N4O2.HI/c1-7-18-16(19-14-17(2,3)20(4)5)21-9-8-15(12-21)13-23-11-10-22-6;/h15H,7-14H2,1-6H3,(H,18,19);1H. The van der Waals surface area contributed by atoms with E-state index in [1.54, 1.807) is 7.11 Å². The van der Waals surface area contributed by atoms with Crippen molar-refractivity contribution >= 4 is 29.9 Å². The molecular formula is C17H37IN4O2. The van der Waals surface area contributed by atoms with Crippen molar-refractivity contribution in [3.63, 3.8) is 0 Å². The molecule has 1 aliphatic rings. The summed E-state index contributed by atoms with van der Waals surface area (Å²) >= 11 is 0. The van der Waals surface area contributed by atoms with Crippen molar-refractivity contribution in [2.75, 3.05) is 67.2 Å². The van der Waals surface area contributed by atoms with Gasteiger partial charge in [0.1, 0.15) is 0 Å². The van der Waals surface area contributed by atoms with Gasteiger partial charge in [-0.15, -0.1) is 24.0 Å². The molecule has 1 atom stereocenters. The van der Waals surface area contributed by atoms with Crippen molar-refractivity contribution in [1.29, 1.82) is 0 Å². The number of rotatable bonds is 9. The van der Waals surface area contributed by atoms with Crippen LogP contribution in [0.3, 0.4) is 0 Å². The lowest BCUT2D eigenvalue weighted by Crippen LogP contribution is -2.44.